The number of hydrogen-bond acceptors (Lipinski definition) is 13. The van der Waals surface area contributed by atoms with Crippen molar-refractivity contribution in [2.45, 2.75) is 31.7 Å². The van der Waals surface area contributed by atoms with Crippen molar-refractivity contribution in [1.82, 2.24) is 40.1 Å². The summed E-state index contributed by atoms with van der Waals surface area (Å²) in [4.78, 5) is 80.6. The number of carbonyl (C=O) groups is 5. The summed E-state index contributed by atoms with van der Waals surface area (Å²) in [6, 6.07) is 9.25. The van der Waals surface area contributed by atoms with Gasteiger partial charge in [-0.05, 0) is 61.6 Å². The molecule has 5 saturated heterocycles. The molecule has 60 heavy (non-hydrogen) atoms. The minimum Gasteiger partial charge on any atom is -0.495 e. The molecule has 7 amide bonds. The van der Waals surface area contributed by atoms with Crippen LogP contribution in [0, 0.1) is 11.7 Å². The number of likely N-dealkylation sites (N-methyl/N-ethyl adjacent to an activating group) is 1. The largest absolute Gasteiger partial charge is 0.495 e. The van der Waals surface area contributed by atoms with E-state index in [9.17, 15) is 24.0 Å². The number of imide groups is 1. The van der Waals surface area contributed by atoms with Crippen LogP contribution in [0.3, 0.4) is 0 Å². The second-order valence-electron chi connectivity index (χ2n) is 15.9. The van der Waals surface area contributed by atoms with Crippen LogP contribution in [-0.2, 0) is 4.79 Å². The van der Waals surface area contributed by atoms with E-state index in [-0.39, 0.29) is 60.2 Å². The van der Waals surface area contributed by atoms with E-state index in [0.29, 0.717) is 80.7 Å². The molecule has 0 bridgehead atoms. The number of nitrogens with one attached hydrogen (secondary N) is 2. The molecule has 1 aromatic heterocycles. The standard InChI is InChI=1S/C40H50FN13O6/c1-48-14-19-53(40(48)59)28-4-3-11-52(24-28)38-45-36(34(35(42)56)46-47-38)43-27-6-7-30(29(41)21-27)50-17-15-49(16-18-50)22-25-9-12-51(23-25)37(57)26-5-8-32(60-2)31(20-26)54-13-10-33(55)44-39(54)58/h5-8,20-21,25,28H,3-4,9-19,22-24H2,1-2H3,(H2,42,56)(H,43,45,47)(H,44,55,58). The highest BCUT2D eigenvalue weighted by Crippen LogP contribution is 2.33. The Labute approximate surface area is 346 Å². The van der Waals surface area contributed by atoms with Crippen molar-refractivity contribution in [3.8, 4) is 5.75 Å². The van der Waals surface area contributed by atoms with Crippen molar-refractivity contribution in [1.29, 1.82) is 0 Å². The number of urea groups is 2. The topological polar surface area (TPSA) is 206 Å². The molecule has 0 radical (unpaired) electrons. The Hall–Kier alpha value is -6.31. The molecule has 6 heterocycles. The highest BCUT2D eigenvalue weighted by Gasteiger charge is 2.36. The Balaban J connectivity index is 0.850. The summed E-state index contributed by atoms with van der Waals surface area (Å²) >= 11 is 0. The summed E-state index contributed by atoms with van der Waals surface area (Å²) in [5.41, 5.74) is 7.16. The molecule has 318 valence electrons. The fraction of sp³-hybridized carbons (Fsp3) is 0.500. The van der Waals surface area contributed by atoms with Gasteiger partial charge >= 0.3 is 12.1 Å². The Bertz CT molecular complexity index is 2170. The van der Waals surface area contributed by atoms with E-state index in [2.05, 4.69) is 30.7 Å². The van der Waals surface area contributed by atoms with E-state index in [4.69, 9.17) is 10.5 Å². The number of piperidine rings is 1. The third kappa shape index (κ3) is 8.41. The smallest absolute Gasteiger partial charge is 0.328 e. The number of ether oxygens (including phenoxy) is 1. The zero-order valence-electron chi connectivity index (χ0n) is 33.8. The number of primary amides is 1. The van der Waals surface area contributed by atoms with Crippen molar-refractivity contribution in [3.63, 3.8) is 0 Å². The molecule has 2 atom stereocenters. The summed E-state index contributed by atoms with van der Waals surface area (Å²) in [7, 11) is 3.28. The Morgan fingerprint density at radius 3 is 2.45 bits per heavy atom. The highest BCUT2D eigenvalue weighted by atomic mass is 19.1. The molecule has 0 saturated carbocycles. The van der Waals surface area contributed by atoms with Gasteiger partial charge in [-0.2, -0.15) is 4.98 Å². The van der Waals surface area contributed by atoms with Crippen LogP contribution in [0.2, 0.25) is 0 Å². The summed E-state index contributed by atoms with van der Waals surface area (Å²) in [5.74, 6) is -0.668. The van der Waals surface area contributed by atoms with Gasteiger partial charge in [0.2, 0.25) is 11.9 Å². The van der Waals surface area contributed by atoms with Gasteiger partial charge in [0, 0.05) is 103 Å². The first kappa shape index (κ1) is 40.5. The number of benzene rings is 2. The molecule has 4 N–H and O–H groups in total. The minimum atomic E-state index is -0.825. The quantitative estimate of drug-likeness (QED) is 0.253. The average molecular weight is 828 g/mol. The van der Waals surface area contributed by atoms with E-state index in [0.717, 1.165) is 38.9 Å². The third-order valence-corrected chi connectivity index (χ3v) is 12.1. The van der Waals surface area contributed by atoms with Crippen molar-refractivity contribution < 1.29 is 33.1 Å². The number of amides is 7. The lowest BCUT2D eigenvalue weighted by molar-refractivity contribution is -0.120. The van der Waals surface area contributed by atoms with Crippen LogP contribution in [-0.4, -0.2) is 163 Å². The monoisotopic (exact) mass is 827 g/mol. The summed E-state index contributed by atoms with van der Waals surface area (Å²) in [6.07, 6.45) is 2.69. The van der Waals surface area contributed by atoms with Crippen LogP contribution in [0.4, 0.5) is 42.8 Å². The van der Waals surface area contributed by atoms with Crippen LogP contribution in [0.25, 0.3) is 0 Å². The molecular formula is C40H50FN13O6. The number of carbonyl (C=O) groups excluding carboxylic acids is 5. The Morgan fingerprint density at radius 2 is 1.73 bits per heavy atom. The first-order valence-electron chi connectivity index (χ1n) is 20.4. The average Bonchev–Trinajstić information content (AvgIpc) is 3.85. The molecule has 5 aliphatic heterocycles. The fourth-order valence-electron chi connectivity index (χ4n) is 8.79. The maximum atomic E-state index is 15.7. The maximum Gasteiger partial charge on any atom is 0.328 e. The van der Waals surface area contributed by atoms with E-state index in [1.54, 1.807) is 42.3 Å². The number of methoxy groups -OCH3 is 1. The van der Waals surface area contributed by atoms with Gasteiger partial charge in [0.1, 0.15) is 11.6 Å². The molecule has 2 aromatic carbocycles. The molecule has 2 unspecified atom stereocenters. The molecule has 3 aromatic rings. The van der Waals surface area contributed by atoms with E-state index in [1.165, 1.54) is 18.1 Å². The summed E-state index contributed by atoms with van der Waals surface area (Å²) in [6.45, 7) is 7.40. The highest BCUT2D eigenvalue weighted by molar-refractivity contribution is 6.07. The van der Waals surface area contributed by atoms with Gasteiger partial charge in [-0.3, -0.25) is 29.5 Å². The van der Waals surface area contributed by atoms with E-state index in [1.807, 2.05) is 19.6 Å². The lowest BCUT2D eigenvalue weighted by atomic mass is 10.0. The van der Waals surface area contributed by atoms with Crippen molar-refractivity contribution in [2.75, 3.05) is 113 Å². The van der Waals surface area contributed by atoms with Crippen molar-refractivity contribution >= 4 is 58.6 Å². The van der Waals surface area contributed by atoms with E-state index < -0.39 is 17.8 Å². The van der Waals surface area contributed by atoms with Crippen LogP contribution in [0.1, 0.15) is 46.5 Å². The molecule has 19 nitrogen and oxygen atoms in total. The molecule has 20 heteroatoms. The Morgan fingerprint density at radius 1 is 0.917 bits per heavy atom. The molecule has 5 fully saturated rings. The predicted molar refractivity (Wildman–Crippen MR) is 219 cm³/mol. The number of nitrogens with two attached hydrogens (primary N) is 1. The number of hydrogen-bond donors (Lipinski definition) is 3. The van der Waals surface area contributed by atoms with Crippen molar-refractivity contribution in [2.24, 2.45) is 11.7 Å². The van der Waals surface area contributed by atoms with E-state index >= 15 is 4.39 Å². The number of halogens is 1. The number of rotatable bonds is 11. The summed E-state index contributed by atoms with van der Waals surface area (Å²) < 4.78 is 21.2. The predicted octanol–water partition coefficient (Wildman–Crippen LogP) is 1.93. The normalized spacial score (nSPS) is 21.5. The van der Waals surface area contributed by atoms with Gasteiger partial charge in [0.25, 0.3) is 11.8 Å². The minimum absolute atomic E-state index is 0.00156. The third-order valence-electron chi connectivity index (χ3n) is 12.1. The number of aromatic nitrogens is 3. The van der Waals surface area contributed by atoms with Gasteiger partial charge in [0.15, 0.2) is 11.5 Å². The second kappa shape index (κ2) is 17.1. The Kier molecular flexibility index (Phi) is 11.5. The maximum absolute atomic E-state index is 15.7. The lowest BCUT2D eigenvalue weighted by Crippen LogP contribution is -2.49. The first-order valence-corrected chi connectivity index (χ1v) is 20.4. The second-order valence-corrected chi connectivity index (χ2v) is 15.9. The molecule has 5 aliphatic rings. The van der Waals surface area contributed by atoms with Gasteiger partial charge in [0.05, 0.1) is 24.5 Å². The van der Waals surface area contributed by atoms with Gasteiger partial charge in [-0.25, -0.2) is 14.0 Å². The zero-order chi connectivity index (χ0) is 42.1. The van der Waals surface area contributed by atoms with Crippen molar-refractivity contribution in [3.05, 3.63) is 53.5 Å². The molecule has 8 rings (SSSR count). The molecular weight excluding hydrogens is 778 g/mol. The van der Waals surface area contributed by atoms with Crippen LogP contribution >= 0.6 is 0 Å². The molecule has 0 aliphatic carbocycles. The number of piperazine rings is 1. The van der Waals surface area contributed by atoms with Crippen LogP contribution in [0.15, 0.2) is 36.4 Å². The first-order chi connectivity index (χ1) is 28.9. The zero-order valence-corrected chi connectivity index (χ0v) is 33.8. The lowest BCUT2D eigenvalue weighted by Gasteiger charge is -2.37. The number of likely N-dealkylation sites (tertiary alicyclic amines) is 1. The summed E-state index contributed by atoms with van der Waals surface area (Å²) in [5, 5.41) is 13.6. The van der Waals surface area contributed by atoms with Gasteiger partial charge < -0.3 is 40.3 Å². The fourth-order valence-corrected chi connectivity index (χ4v) is 8.79. The van der Waals surface area contributed by atoms with Crippen LogP contribution < -0.4 is 35.8 Å². The number of anilines is 5. The van der Waals surface area contributed by atoms with Crippen LogP contribution in [0.5, 0.6) is 5.75 Å². The number of nitrogens with zero attached hydrogens (tertiary/aromatic N) is 10. The van der Waals surface area contributed by atoms with Gasteiger partial charge in [-0.1, -0.05) is 0 Å². The molecule has 0 spiro atoms. The van der Waals surface area contributed by atoms with Gasteiger partial charge in [-0.15, -0.1) is 10.2 Å². The SMILES string of the molecule is COc1ccc(C(=O)N2CCC(CN3CCN(c4ccc(Nc5nc(N6CCCC(N7CCN(C)C7=O)C6)nnc5C(N)=O)cc4F)CC3)C2)cc1N1CCC(=O)NC1=O.